The number of thioether (sulfide) groups is 1. The highest BCUT2D eigenvalue weighted by atomic mass is 35.5. The average molecular weight is 460 g/mol. The number of carbonyl (C=O) groups excluding carboxylic acids is 1. The predicted molar refractivity (Wildman–Crippen MR) is 123 cm³/mol. The van der Waals surface area contributed by atoms with Gasteiger partial charge >= 0.3 is 0 Å². The highest BCUT2D eigenvalue weighted by molar-refractivity contribution is 7.99. The average Bonchev–Trinajstić information content (AvgIpc) is 2.74. The third-order valence-corrected chi connectivity index (χ3v) is 6.49. The monoisotopic (exact) mass is 459 g/mol. The van der Waals surface area contributed by atoms with E-state index in [1.165, 1.54) is 44.4 Å². The normalized spacial score (nSPS) is 13.4. The molecule has 0 spiro atoms. The van der Waals surface area contributed by atoms with Gasteiger partial charge in [-0.2, -0.15) is 5.26 Å². The molecule has 0 saturated heterocycles. The van der Waals surface area contributed by atoms with Gasteiger partial charge in [-0.3, -0.25) is 4.79 Å². The first kappa shape index (κ1) is 23.2. The summed E-state index contributed by atoms with van der Waals surface area (Å²) in [6.07, 6.45) is 6.93. The minimum absolute atomic E-state index is 0.170. The van der Waals surface area contributed by atoms with Crippen molar-refractivity contribution in [1.82, 2.24) is 4.98 Å². The third-order valence-electron chi connectivity index (χ3n) is 5.20. The van der Waals surface area contributed by atoms with Crippen LogP contribution in [0.2, 0.25) is 5.02 Å². The number of ether oxygens (including phenoxy) is 2. The lowest BCUT2D eigenvalue weighted by Crippen LogP contribution is -2.13. The molecule has 6 nitrogen and oxygen atoms in total. The van der Waals surface area contributed by atoms with Gasteiger partial charge in [-0.1, -0.05) is 24.4 Å². The van der Waals surface area contributed by atoms with Crippen molar-refractivity contribution in [3.05, 3.63) is 40.0 Å². The fourth-order valence-electron chi connectivity index (χ4n) is 3.57. The van der Waals surface area contributed by atoms with Crippen molar-refractivity contribution in [1.29, 1.82) is 5.26 Å². The lowest BCUT2D eigenvalue weighted by molar-refractivity contribution is -0.115. The van der Waals surface area contributed by atoms with Crippen molar-refractivity contribution >= 4 is 35.0 Å². The zero-order valence-corrected chi connectivity index (χ0v) is 19.4. The maximum Gasteiger partial charge on any atom is 0.225 e. The molecule has 0 fully saturated rings. The Labute approximate surface area is 192 Å². The number of pyridine rings is 1. The van der Waals surface area contributed by atoms with Gasteiger partial charge in [-0.15, -0.1) is 11.8 Å². The van der Waals surface area contributed by atoms with E-state index < -0.39 is 0 Å². The van der Waals surface area contributed by atoms with Crippen molar-refractivity contribution in [2.75, 3.05) is 25.3 Å². The van der Waals surface area contributed by atoms with E-state index in [9.17, 15) is 10.1 Å². The van der Waals surface area contributed by atoms with Gasteiger partial charge in [0.1, 0.15) is 22.6 Å². The van der Waals surface area contributed by atoms with E-state index in [1.54, 1.807) is 12.1 Å². The van der Waals surface area contributed by atoms with Gasteiger partial charge < -0.3 is 14.8 Å². The molecule has 0 unspecified atom stereocenters. The van der Waals surface area contributed by atoms with E-state index in [0.29, 0.717) is 38.6 Å². The standard InChI is InChI=1S/C23H26ClN3O3S/c1-29-20-13-21(30-2)19(12-17(20)24)26-22(28)9-10-31-23-16(14-25)11-15-7-5-3-4-6-8-18(15)27-23/h11-13H,3-10H2,1-2H3,(H,26,28). The molecule has 1 aromatic carbocycles. The van der Waals surface area contributed by atoms with Crippen LogP contribution in [0.1, 0.15) is 48.9 Å². The number of halogens is 1. The molecule has 1 heterocycles. The second-order valence-electron chi connectivity index (χ2n) is 7.31. The molecular weight excluding hydrogens is 434 g/mol. The Balaban J connectivity index is 1.64. The van der Waals surface area contributed by atoms with Gasteiger partial charge in [-0.25, -0.2) is 4.98 Å². The molecule has 0 saturated carbocycles. The van der Waals surface area contributed by atoms with Crippen LogP contribution in [-0.2, 0) is 17.6 Å². The second-order valence-corrected chi connectivity index (χ2v) is 8.80. The third kappa shape index (κ3) is 6.05. The van der Waals surface area contributed by atoms with Crippen LogP contribution in [0.5, 0.6) is 11.5 Å². The summed E-state index contributed by atoms with van der Waals surface area (Å²) in [5, 5.41) is 13.5. The molecule has 1 aliphatic rings. The zero-order chi connectivity index (χ0) is 22.2. The molecule has 164 valence electrons. The Kier molecular flexibility index (Phi) is 8.44. The molecule has 0 aliphatic heterocycles. The van der Waals surface area contributed by atoms with Crippen LogP contribution in [0.25, 0.3) is 0 Å². The van der Waals surface area contributed by atoms with E-state index >= 15 is 0 Å². The Morgan fingerprint density at radius 3 is 2.61 bits per heavy atom. The molecule has 0 radical (unpaired) electrons. The van der Waals surface area contributed by atoms with E-state index in [1.807, 2.05) is 6.07 Å². The number of fused-ring (bicyclic) bond motifs is 1. The summed E-state index contributed by atoms with van der Waals surface area (Å²) in [6.45, 7) is 0. The number of methoxy groups -OCH3 is 2. The number of carbonyl (C=O) groups is 1. The number of hydrogen-bond donors (Lipinski definition) is 1. The Bertz CT molecular complexity index is 991. The number of amides is 1. The summed E-state index contributed by atoms with van der Waals surface area (Å²) in [5.41, 5.74) is 3.37. The lowest BCUT2D eigenvalue weighted by atomic mass is 9.96. The molecule has 0 bridgehead atoms. The number of aromatic nitrogens is 1. The minimum atomic E-state index is -0.170. The number of nitriles is 1. The quantitative estimate of drug-likeness (QED) is 0.557. The summed E-state index contributed by atoms with van der Waals surface area (Å²) >= 11 is 7.61. The first-order chi connectivity index (χ1) is 15.0. The van der Waals surface area contributed by atoms with Crippen LogP contribution in [0.4, 0.5) is 5.69 Å². The molecule has 3 rings (SSSR count). The van der Waals surface area contributed by atoms with Gasteiger partial charge in [0, 0.05) is 23.9 Å². The van der Waals surface area contributed by atoms with Gasteiger partial charge in [0.25, 0.3) is 0 Å². The first-order valence-electron chi connectivity index (χ1n) is 10.3. The smallest absolute Gasteiger partial charge is 0.225 e. The molecule has 1 aliphatic carbocycles. The summed E-state index contributed by atoms with van der Waals surface area (Å²) in [5.74, 6) is 1.29. The summed E-state index contributed by atoms with van der Waals surface area (Å²) in [4.78, 5) is 17.2. The van der Waals surface area contributed by atoms with Crippen molar-refractivity contribution in [2.24, 2.45) is 0 Å². The van der Waals surface area contributed by atoms with Gasteiger partial charge in [-0.05, 0) is 43.4 Å². The maximum atomic E-state index is 12.5. The molecule has 31 heavy (non-hydrogen) atoms. The highest BCUT2D eigenvalue weighted by Crippen LogP contribution is 2.36. The molecule has 8 heteroatoms. The molecule has 1 aromatic heterocycles. The molecule has 1 N–H and O–H groups in total. The number of anilines is 1. The summed E-state index contributed by atoms with van der Waals surface area (Å²) < 4.78 is 10.5. The SMILES string of the molecule is COc1cc(OC)c(NC(=O)CCSc2nc3c(cc2C#N)CCCCCC3)cc1Cl. The van der Waals surface area contributed by atoms with Gasteiger partial charge in [0.05, 0.1) is 30.5 Å². The Hall–Kier alpha value is -2.43. The summed E-state index contributed by atoms with van der Waals surface area (Å²) in [6, 6.07) is 7.49. The Morgan fingerprint density at radius 1 is 1.16 bits per heavy atom. The van der Waals surface area contributed by atoms with Crippen LogP contribution < -0.4 is 14.8 Å². The maximum absolute atomic E-state index is 12.5. The first-order valence-corrected chi connectivity index (χ1v) is 11.7. The highest BCUT2D eigenvalue weighted by Gasteiger charge is 2.16. The van der Waals surface area contributed by atoms with Crippen LogP contribution in [0.15, 0.2) is 23.2 Å². The molecule has 0 atom stereocenters. The minimum Gasteiger partial charge on any atom is -0.495 e. The van der Waals surface area contributed by atoms with Gasteiger partial charge in [0.2, 0.25) is 5.91 Å². The zero-order valence-electron chi connectivity index (χ0n) is 17.8. The summed E-state index contributed by atoms with van der Waals surface area (Å²) in [7, 11) is 3.03. The number of benzene rings is 1. The van der Waals surface area contributed by atoms with E-state index in [2.05, 4.69) is 11.4 Å². The van der Waals surface area contributed by atoms with Crippen molar-refractivity contribution in [2.45, 2.75) is 50.0 Å². The van der Waals surface area contributed by atoms with Crippen LogP contribution >= 0.6 is 23.4 Å². The van der Waals surface area contributed by atoms with Crippen molar-refractivity contribution in [3.63, 3.8) is 0 Å². The lowest BCUT2D eigenvalue weighted by Gasteiger charge is -2.15. The van der Waals surface area contributed by atoms with Gasteiger partial charge in [0.15, 0.2) is 0 Å². The van der Waals surface area contributed by atoms with Crippen LogP contribution in [0, 0.1) is 11.3 Å². The number of nitrogens with one attached hydrogen (secondary N) is 1. The second kappa shape index (κ2) is 11.3. The Morgan fingerprint density at radius 2 is 1.90 bits per heavy atom. The number of rotatable bonds is 7. The number of hydrogen-bond acceptors (Lipinski definition) is 6. The fourth-order valence-corrected chi connectivity index (χ4v) is 4.73. The molecular formula is C23H26ClN3O3S. The topological polar surface area (TPSA) is 84.2 Å². The predicted octanol–water partition coefficient (Wildman–Crippen LogP) is 5.40. The number of aryl methyl sites for hydroxylation is 2. The van der Waals surface area contributed by atoms with E-state index in [0.717, 1.165) is 31.4 Å². The number of nitrogens with zero attached hydrogens (tertiary/aromatic N) is 2. The molecule has 1 amide bonds. The van der Waals surface area contributed by atoms with E-state index in [4.69, 9.17) is 26.1 Å². The fraction of sp³-hybridized carbons (Fsp3) is 0.435. The largest absolute Gasteiger partial charge is 0.495 e. The van der Waals surface area contributed by atoms with Crippen molar-refractivity contribution in [3.8, 4) is 17.6 Å². The molecule has 2 aromatic rings. The van der Waals surface area contributed by atoms with E-state index in [-0.39, 0.29) is 12.3 Å². The van der Waals surface area contributed by atoms with Crippen LogP contribution in [-0.4, -0.2) is 30.9 Å². The van der Waals surface area contributed by atoms with Crippen molar-refractivity contribution < 1.29 is 14.3 Å². The van der Waals surface area contributed by atoms with Crippen LogP contribution in [0.3, 0.4) is 0 Å².